The molecule has 2 unspecified atom stereocenters. The van der Waals surface area contributed by atoms with Gasteiger partial charge in [0.1, 0.15) is 22.9 Å². The molecule has 0 radical (unpaired) electrons. The first kappa shape index (κ1) is 29.4. The highest BCUT2D eigenvalue weighted by Gasteiger charge is 2.63. The number of likely N-dealkylation sites (tertiary alicyclic amines) is 2. The summed E-state index contributed by atoms with van der Waals surface area (Å²) in [6.45, 7) is 8.45. The van der Waals surface area contributed by atoms with Crippen molar-refractivity contribution in [3.8, 4) is 5.75 Å². The molecule has 2 aromatic rings. The Balaban J connectivity index is 1.47. The summed E-state index contributed by atoms with van der Waals surface area (Å²) in [5.74, 6) is 0.0239. The van der Waals surface area contributed by atoms with Crippen molar-refractivity contribution in [1.82, 2.24) is 15.1 Å². The molecule has 0 saturated carbocycles. The minimum Gasteiger partial charge on any atom is -0.497 e. The normalized spacial score (nSPS) is 22.1. The van der Waals surface area contributed by atoms with Crippen molar-refractivity contribution in [1.29, 1.82) is 0 Å². The lowest BCUT2D eigenvalue weighted by Crippen LogP contribution is -2.72. The first-order valence-corrected chi connectivity index (χ1v) is 13.6. The van der Waals surface area contributed by atoms with Crippen molar-refractivity contribution in [3.63, 3.8) is 0 Å². The predicted molar refractivity (Wildman–Crippen MR) is 149 cm³/mol. The number of β-lactam (4-membered cyclic amide) rings is 1. The number of rotatable bonds is 10. The van der Waals surface area contributed by atoms with Crippen molar-refractivity contribution in [2.45, 2.75) is 76.6 Å². The van der Waals surface area contributed by atoms with Crippen LogP contribution in [0.1, 0.15) is 45.2 Å². The van der Waals surface area contributed by atoms with E-state index in [2.05, 4.69) is 5.32 Å². The van der Waals surface area contributed by atoms with Gasteiger partial charge in [-0.2, -0.15) is 0 Å². The van der Waals surface area contributed by atoms with Crippen LogP contribution in [-0.2, 0) is 32.2 Å². The Morgan fingerprint density at radius 3 is 2.35 bits per heavy atom. The van der Waals surface area contributed by atoms with Crippen molar-refractivity contribution < 1.29 is 28.6 Å². The number of carbonyl (C=O) groups is 3. The Labute approximate surface area is 235 Å². The fraction of sp³-hybridized carbons (Fsp3) is 0.500. The van der Waals surface area contributed by atoms with E-state index < -0.39 is 35.3 Å². The van der Waals surface area contributed by atoms with E-state index in [4.69, 9.17) is 19.9 Å². The summed E-state index contributed by atoms with van der Waals surface area (Å²) < 4.78 is 16.9. The molecule has 216 valence electrons. The third-order valence-corrected chi connectivity index (χ3v) is 7.33. The first-order chi connectivity index (χ1) is 18.9. The van der Waals surface area contributed by atoms with E-state index in [1.165, 1.54) is 4.90 Å². The quantitative estimate of drug-likeness (QED) is 0.435. The molecule has 3 amide bonds. The van der Waals surface area contributed by atoms with E-state index >= 15 is 0 Å². The molecule has 3 N–H and O–H groups in total. The molecule has 4 atom stereocenters. The Kier molecular flexibility index (Phi) is 8.70. The summed E-state index contributed by atoms with van der Waals surface area (Å²) in [6, 6.07) is 16.0. The van der Waals surface area contributed by atoms with Gasteiger partial charge in [0.15, 0.2) is 0 Å². The zero-order chi connectivity index (χ0) is 29.1. The highest BCUT2D eigenvalue weighted by Crippen LogP contribution is 2.41. The molecule has 2 saturated heterocycles. The number of hydrogen-bond acceptors (Lipinski definition) is 7. The Bertz CT molecular complexity index is 1200. The van der Waals surface area contributed by atoms with Gasteiger partial charge in [0, 0.05) is 19.1 Å². The molecule has 2 heterocycles. The lowest BCUT2D eigenvalue weighted by atomic mass is 9.84. The fourth-order valence-electron chi connectivity index (χ4n) is 5.35. The fourth-order valence-corrected chi connectivity index (χ4v) is 5.35. The van der Waals surface area contributed by atoms with Gasteiger partial charge in [-0.15, -0.1) is 0 Å². The van der Waals surface area contributed by atoms with Crippen LogP contribution in [-0.4, -0.2) is 77.2 Å². The maximum Gasteiger partial charge on any atom is 0.411 e. The van der Waals surface area contributed by atoms with Crippen LogP contribution in [0.4, 0.5) is 4.79 Å². The summed E-state index contributed by atoms with van der Waals surface area (Å²) in [7, 11) is 1.60. The second kappa shape index (κ2) is 11.9. The Morgan fingerprint density at radius 1 is 1.10 bits per heavy atom. The molecule has 0 aliphatic carbocycles. The number of nitrogens with one attached hydrogen (secondary N) is 1. The van der Waals surface area contributed by atoms with Crippen LogP contribution in [0.25, 0.3) is 0 Å². The molecule has 40 heavy (non-hydrogen) atoms. The van der Waals surface area contributed by atoms with Gasteiger partial charge < -0.3 is 24.8 Å². The number of methoxy groups -OCH3 is 1. The van der Waals surface area contributed by atoms with E-state index in [-0.39, 0.29) is 18.5 Å². The second-order valence-electron chi connectivity index (χ2n) is 11.6. The molecule has 0 aromatic heterocycles. The standard InChI is InChI=1S/C30H40N4O6/c1-20(39-18-22-9-7-6-8-10-22)25(26(31)35)32-23-15-30(34(17-23)28(37)40-29(2,3)4)19-33(27(30)36)16-21-11-13-24(38-5)14-12-21/h6-14,20,23,25,32H,15-19H2,1-5H3,(H2,31,35)/t20-,23?,25+,30?/m1/s1. The van der Waals surface area contributed by atoms with Crippen LogP contribution in [0, 0.1) is 0 Å². The van der Waals surface area contributed by atoms with E-state index in [1.54, 1.807) is 39.7 Å². The minimum atomic E-state index is -1.05. The number of ether oxygens (including phenoxy) is 3. The van der Waals surface area contributed by atoms with Gasteiger partial charge in [-0.25, -0.2) is 4.79 Å². The van der Waals surface area contributed by atoms with Gasteiger partial charge >= 0.3 is 6.09 Å². The van der Waals surface area contributed by atoms with Gasteiger partial charge in [-0.3, -0.25) is 19.8 Å². The molecular formula is C30H40N4O6. The van der Waals surface area contributed by atoms with E-state index in [9.17, 15) is 14.4 Å². The number of primary amides is 1. The van der Waals surface area contributed by atoms with Gasteiger partial charge in [-0.1, -0.05) is 42.5 Å². The van der Waals surface area contributed by atoms with Crippen molar-refractivity contribution in [2.75, 3.05) is 20.2 Å². The van der Waals surface area contributed by atoms with E-state index in [1.807, 2.05) is 54.6 Å². The zero-order valence-corrected chi connectivity index (χ0v) is 23.9. The Morgan fingerprint density at radius 2 is 1.77 bits per heavy atom. The van der Waals surface area contributed by atoms with Crippen molar-refractivity contribution >= 4 is 17.9 Å². The van der Waals surface area contributed by atoms with Crippen LogP contribution in [0.5, 0.6) is 5.75 Å². The topological polar surface area (TPSA) is 123 Å². The summed E-state index contributed by atoms with van der Waals surface area (Å²) in [5, 5.41) is 3.29. The molecule has 2 aliphatic rings. The smallest absolute Gasteiger partial charge is 0.411 e. The Hall–Kier alpha value is -3.63. The number of hydrogen-bond donors (Lipinski definition) is 2. The molecular weight excluding hydrogens is 512 g/mol. The molecule has 10 heteroatoms. The summed E-state index contributed by atoms with van der Waals surface area (Å²) in [5.41, 5.74) is 5.92. The molecule has 2 fully saturated rings. The highest BCUT2D eigenvalue weighted by atomic mass is 16.6. The molecule has 1 spiro atoms. The summed E-state index contributed by atoms with van der Waals surface area (Å²) >= 11 is 0. The minimum absolute atomic E-state index is 0.150. The van der Waals surface area contributed by atoms with Gasteiger partial charge in [-0.05, 0) is 57.4 Å². The van der Waals surface area contributed by atoms with Gasteiger partial charge in [0.2, 0.25) is 5.91 Å². The molecule has 0 bridgehead atoms. The maximum absolute atomic E-state index is 13.7. The van der Waals surface area contributed by atoms with E-state index in [0.717, 1.165) is 16.9 Å². The van der Waals surface area contributed by atoms with Crippen molar-refractivity contribution in [2.24, 2.45) is 5.73 Å². The van der Waals surface area contributed by atoms with Gasteiger partial charge in [0.25, 0.3) is 5.91 Å². The number of carbonyl (C=O) groups excluding carboxylic acids is 3. The average molecular weight is 553 g/mol. The summed E-state index contributed by atoms with van der Waals surface area (Å²) in [4.78, 5) is 42.6. The van der Waals surface area contributed by atoms with Crippen LogP contribution in [0.15, 0.2) is 54.6 Å². The lowest BCUT2D eigenvalue weighted by Gasteiger charge is -2.50. The number of benzene rings is 2. The number of nitrogens with zero attached hydrogens (tertiary/aromatic N) is 2. The molecule has 4 rings (SSSR count). The molecule has 10 nitrogen and oxygen atoms in total. The van der Waals surface area contributed by atoms with Crippen LogP contribution in [0.2, 0.25) is 0 Å². The molecule has 2 aromatic carbocycles. The average Bonchev–Trinajstić information content (AvgIpc) is 3.31. The third-order valence-electron chi connectivity index (χ3n) is 7.33. The van der Waals surface area contributed by atoms with Crippen LogP contribution < -0.4 is 15.8 Å². The summed E-state index contributed by atoms with van der Waals surface area (Å²) in [6.07, 6.45) is -0.759. The monoisotopic (exact) mass is 552 g/mol. The van der Waals surface area contributed by atoms with Crippen molar-refractivity contribution in [3.05, 3.63) is 65.7 Å². The number of nitrogens with two attached hydrogens (primary N) is 1. The zero-order valence-electron chi connectivity index (χ0n) is 23.9. The third kappa shape index (κ3) is 6.56. The number of amides is 3. The predicted octanol–water partition coefficient (Wildman–Crippen LogP) is 2.83. The lowest BCUT2D eigenvalue weighted by molar-refractivity contribution is -0.161. The largest absolute Gasteiger partial charge is 0.497 e. The van der Waals surface area contributed by atoms with Crippen LogP contribution in [0.3, 0.4) is 0 Å². The maximum atomic E-state index is 13.7. The van der Waals surface area contributed by atoms with Crippen LogP contribution >= 0.6 is 0 Å². The second-order valence-corrected chi connectivity index (χ2v) is 11.6. The SMILES string of the molecule is COc1ccc(CN2CC3(CC(N[C@H](C(N)=O)[C@@H](C)OCc4ccccc4)CN3C(=O)OC(C)(C)C)C2=O)cc1. The van der Waals surface area contributed by atoms with Gasteiger partial charge in [0.05, 0.1) is 26.4 Å². The first-order valence-electron chi connectivity index (χ1n) is 13.6. The highest BCUT2D eigenvalue weighted by molar-refractivity contribution is 5.96. The molecule has 2 aliphatic heterocycles. The van der Waals surface area contributed by atoms with E-state index in [0.29, 0.717) is 26.1 Å².